The number of aromatic hydroxyl groups is 1. The second-order valence-corrected chi connectivity index (χ2v) is 4.23. The van der Waals surface area contributed by atoms with Crippen LogP contribution in [0.15, 0.2) is 24.5 Å². The van der Waals surface area contributed by atoms with E-state index in [0.29, 0.717) is 12.2 Å². The van der Waals surface area contributed by atoms with Crippen LogP contribution in [0.2, 0.25) is 0 Å². The monoisotopic (exact) mass is 233 g/mol. The summed E-state index contributed by atoms with van der Waals surface area (Å²) in [5.41, 5.74) is 1.22. The highest BCUT2D eigenvalue weighted by molar-refractivity contribution is 5.77. The largest absolute Gasteiger partial charge is 0.504 e. The number of hydrogen-bond donors (Lipinski definition) is 2. The van der Waals surface area contributed by atoms with Crippen LogP contribution in [0, 0.1) is 5.92 Å². The smallest absolute Gasteiger partial charge is 0.222 e. The van der Waals surface area contributed by atoms with E-state index in [2.05, 4.69) is 10.3 Å². The summed E-state index contributed by atoms with van der Waals surface area (Å²) in [6.07, 6.45) is 3.59. The first-order valence-corrected chi connectivity index (χ1v) is 5.51. The van der Waals surface area contributed by atoms with Crippen LogP contribution in [0.5, 0.6) is 5.75 Å². The minimum absolute atomic E-state index is 0.00808. The van der Waals surface area contributed by atoms with Gasteiger partial charge in [0, 0.05) is 18.3 Å². The molecule has 1 amide bonds. The zero-order valence-electron chi connectivity index (χ0n) is 9.84. The van der Waals surface area contributed by atoms with E-state index in [-0.39, 0.29) is 17.6 Å². The molecule has 0 aliphatic heterocycles. The average Bonchev–Trinajstić information content (AvgIpc) is 2.70. The Kier molecular flexibility index (Phi) is 2.99. The maximum absolute atomic E-state index is 11.4. The van der Waals surface area contributed by atoms with E-state index < -0.39 is 0 Å². The summed E-state index contributed by atoms with van der Waals surface area (Å²) in [7, 11) is 0. The van der Waals surface area contributed by atoms with Gasteiger partial charge in [0.25, 0.3) is 0 Å². The predicted octanol–water partition coefficient (Wildman–Crippen LogP) is 1.31. The molecule has 0 atom stereocenters. The molecule has 17 heavy (non-hydrogen) atoms. The molecule has 2 aromatic rings. The summed E-state index contributed by atoms with van der Waals surface area (Å²) >= 11 is 0. The molecule has 2 rings (SSSR count). The van der Waals surface area contributed by atoms with Crippen molar-refractivity contribution < 1.29 is 9.90 Å². The third kappa shape index (κ3) is 2.38. The number of nitrogens with one attached hydrogen (secondary N) is 1. The molecule has 0 saturated carbocycles. The topological polar surface area (TPSA) is 66.6 Å². The van der Waals surface area contributed by atoms with E-state index in [1.165, 1.54) is 0 Å². The first-order chi connectivity index (χ1) is 8.08. The third-order valence-electron chi connectivity index (χ3n) is 2.48. The van der Waals surface area contributed by atoms with Crippen LogP contribution in [-0.4, -0.2) is 20.4 Å². The van der Waals surface area contributed by atoms with Crippen molar-refractivity contribution in [1.29, 1.82) is 0 Å². The van der Waals surface area contributed by atoms with Gasteiger partial charge in [0.05, 0.1) is 12.2 Å². The van der Waals surface area contributed by atoms with Gasteiger partial charge in [0.1, 0.15) is 0 Å². The molecule has 5 heteroatoms. The molecule has 2 aromatic heterocycles. The molecule has 0 fully saturated rings. The van der Waals surface area contributed by atoms with Crippen molar-refractivity contribution in [2.24, 2.45) is 5.92 Å². The summed E-state index contributed by atoms with van der Waals surface area (Å²) in [6.45, 7) is 4.05. The molecular formula is C12H15N3O2. The number of imidazole rings is 1. The molecule has 0 aliphatic carbocycles. The van der Waals surface area contributed by atoms with Crippen LogP contribution in [-0.2, 0) is 11.3 Å². The van der Waals surface area contributed by atoms with Gasteiger partial charge in [-0.1, -0.05) is 13.8 Å². The lowest BCUT2D eigenvalue weighted by atomic mass is 10.2. The molecule has 90 valence electrons. The molecule has 0 aromatic carbocycles. The number of carbonyl (C=O) groups is 1. The summed E-state index contributed by atoms with van der Waals surface area (Å²) in [5, 5.41) is 12.4. The molecule has 0 saturated heterocycles. The number of nitrogens with zero attached hydrogens (tertiary/aromatic N) is 2. The fraction of sp³-hybridized carbons (Fsp3) is 0.333. The van der Waals surface area contributed by atoms with Crippen molar-refractivity contribution in [3.63, 3.8) is 0 Å². The van der Waals surface area contributed by atoms with Gasteiger partial charge in [0.2, 0.25) is 5.91 Å². The number of aromatic nitrogens is 2. The van der Waals surface area contributed by atoms with Crippen molar-refractivity contribution in [2.75, 3.05) is 0 Å². The highest BCUT2D eigenvalue weighted by atomic mass is 16.3. The van der Waals surface area contributed by atoms with Crippen LogP contribution in [0.3, 0.4) is 0 Å². The Hall–Kier alpha value is -2.04. The Morgan fingerprint density at radius 2 is 2.35 bits per heavy atom. The maximum atomic E-state index is 11.4. The summed E-state index contributed by atoms with van der Waals surface area (Å²) in [4.78, 5) is 15.6. The molecule has 0 radical (unpaired) electrons. The van der Waals surface area contributed by atoms with E-state index in [1.807, 2.05) is 13.8 Å². The van der Waals surface area contributed by atoms with Gasteiger partial charge in [-0.2, -0.15) is 0 Å². The van der Waals surface area contributed by atoms with Crippen LogP contribution in [0.25, 0.3) is 5.65 Å². The highest BCUT2D eigenvalue weighted by Crippen LogP contribution is 2.16. The number of rotatable bonds is 3. The molecule has 5 nitrogen and oxygen atoms in total. The van der Waals surface area contributed by atoms with Crippen molar-refractivity contribution in [3.8, 4) is 5.75 Å². The van der Waals surface area contributed by atoms with Gasteiger partial charge in [-0.15, -0.1) is 0 Å². The number of amides is 1. The number of carbonyl (C=O) groups excluding carboxylic acids is 1. The normalized spacial score (nSPS) is 11.0. The summed E-state index contributed by atoms with van der Waals surface area (Å²) in [6, 6.07) is 3.32. The molecule has 2 N–H and O–H groups in total. The van der Waals surface area contributed by atoms with Crippen molar-refractivity contribution >= 4 is 11.6 Å². The van der Waals surface area contributed by atoms with Gasteiger partial charge < -0.3 is 14.8 Å². The zero-order valence-corrected chi connectivity index (χ0v) is 9.84. The van der Waals surface area contributed by atoms with E-state index >= 15 is 0 Å². The van der Waals surface area contributed by atoms with Crippen molar-refractivity contribution in [3.05, 3.63) is 30.2 Å². The fourth-order valence-corrected chi connectivity index (χ4v) is 1.52. The quantitative estimate of drug-likeness (QED) is 0.840. The third-order valence-corrected chi connectivity index (χ3v) is 2.48. The molecule has 0 spiro atoms. The van der Waals surface area contributed by atoms with Gasteiger partial charge in [-0.3, -0.25) is 4.79 Å². The second kappa shape index (κ2) is 4.45. The highest BCUT2D eigenvalue weighted by Gasteiger charge is 2.09. The number of hydrogen-bond acceptors (Lipinski definition) is 3. The Morgan fingerprint density at radius 3 is 3.00 bits per heavy atom. The second-order valence-electron chi connectivity index (χ2n) is 4.23. The van der Waals surface area contributed by atoms with E-state index in [0.717, 1.165) is 5.69 Å². The van der Waals surface area contributed by atoms with E-state index in [1.54, 1.807) is 28.9 Å². The number of pyridine rings is 1. The van der Waals surface area contributed by atoms with Crippen LogP contribution in [0.1, 0.15) is 19.5 Å². The Bertz CT molecular complexity index is 546. The van der Waals surface area contributed by atoms with Crippen LogP contribution < -0.4 is 5.32 Å². The first-order valence-electron chi connectivity index (χ1n) is 5.51. The lowest BCUT2D eigenvalue weighted by Crippen LogP contribution is -2.27. The SMILES string of the molecule is CC(C)C(=O)NCc1cn2cccc(O)c2n1. The molecule has 0 bridgehead atoms. The molecular weight excluding hydrogens is 218 g/mol. The van der Waals surface area contributed by atoms with Gasteiger partial charge in [-0.05, 0) is 12.1 Å². The Labute approximate surface area is 99.1 Å². The van der Waals surface area contributed by atoms with Crippen LogP contribution in [0.4, 0.5) is 0 Å². The molecule has 0 unspecified atom stereocenters. The molecule has 2 heterocycles. The standard InChI is InChI=1S/C12H15N3O2/c1-8(2)12(17)13-6-9-7-15-5-3-4-10(16)11(15)14-9/h3-5,7-8,16H,6H2,1-2H3,(H,13,17). The lowest BCUT2D eigenvalue weighted by molar-refractivity contribution is -0.124. The van der Waals surface area contributed by atoms with E-state index in [4.69, 9.17) is 0 Å². The minimum Gasteiger partial charge on any atom is -0.504 e. The van der Waals surface area contributed by atoms with Crippen molar-refractivity contribution in [2.45, 2.75) is 20.4 Å². The number of fused-ring (bicyclic) bond motifs is 1. The average molecular weight is 233 g/mol. The van der Waals surface area contributed by atoms with Crippen LogP contribution >= 0.6 is 0 Å². The van der Waals surface area contributed by atoms with Gasteiger partial charge >= 0.3 is 0 Å². The molecule has 0 aliphatic rings. The summed E-state index contributed by atoms with van der Waals surface area (Å²) in [5.74, 6) is 0.0839. The predicted molar refractivity (Wildman–Crippen MR) is 63.5 cm³/mol. The van der Waals surface area contributed by atoms with Gasteiger partial charge in [-0.25, -0.2) is 4.98 Å². The maximum Gasteiger partial charge on any atom is 0.222 e. The Balaban J connectivity index is 2.15. The summed E-state index contributed by atoms with van der Waals surface area (Å²) < 4.78 is 1.73. The Morgan fingerprint density at radius 1 is 1.59 bits per heavy atom. The minimum atomic E-state index is -0.0413. The van der Waals surface area contributed by atoms with E-state index in [9.17, 15) is 9.90 Å². The van der Waals surface area contributed by atoms with Crippen molar-refractivity contribution in [1.82, 2.24) is 14.7 Å². The van der Waals surface area contributed by atoms with Gasteiger partial charge in [0.15, 0.2) is 11.4 Å². The fourth-order valence-electron chi connectivity index (χ4n) is 1.52. The zero-order chi connectivity index (χ0) is 12.4. The first kappa shape index (κ1) is 11.4. The lowest BCUT2D eigenvalue weighted by Gasteiger charge is -2.04.